The van der Waals surface area contributed by atoms with Gasteiger partial charge in [0, 0.05) is 11.7 Å². The van der Waals surface area contributed by atoms with E-state index in [0.717, 1.165) is 0 Å². The van der Waals surface area contributed by atoms with Crippen LogP contribution in [0, 0.1) is 0 Å². The maximum atomic E-state index is 11.8. The number of primary amides is 1. The highest BCUT2D eigenvalue weighted by Gasteiger charge is 2.28. The number of rotatable bonds is 5. The van der Waals surface area contributed by atoms with Crippen LogP contribution in [-0.4, -0.2) is 44.3 Å². The Morgan fingerprint density at radius 1 is 1.29 bits per heavy atom. The molecule has 1 aromatic rings. The third-order valence-electron chi connectivity index (χ3n) is 3.23. The first-order valence-corrected chi connectivity index (χ1v) is 8.32. The fraction of sp³-hybridized carbons (Fsp3) is 0.385. The summed E-state index contributed by atoms with van der Waals surface area (Å²) in [6.07, 6.45) is 0.436. The minimum Gasteiger partial charge on any atom is -0.376 e. The molecule has 0 aliphatic carbocycles. The number of amides is 2. The van der Waals surface area contributed by atoms with Crippen LogP contribution in [0.15, 0.2) is 24.3 Å². The van der Waals surface area contributed by atoms with Crippen molar-refractivity contribution >= 4 is 27.3 Å². The monoisotopic (exact) mass is 311 g/mol. The van der Waals surface area contributed by atoms with Gasteiger partial charge in [0.05, 0.1) is 23.6 Å². The number of hydrogen-bond donors (Lipinski definition) is 3. The van der Waals surface area contributed by atoms with Gasteiger partial charge < -0.3 is 16.4 Å². The lowest BCUT2D eigenvalue weighted by molar-refractivity contribution is -0.119. The topological polar surface area (TPSA) is 118 Å². The molecule has 1 saturated heterocycles. The van der Waals surface area contributed by atoms with E-state index in [9.17, 15) is 18.0 Å². The summed E-state index contributed by atoms with van der Waals surface area (Å²) in [6.45, 7) is -0.0547. The quantitative estimate of drug-likeness (QED) is 0.677. The van der Waals surface area contributed by atoms with E-state index in [1.54, 1.807) is 24.3 Å². The molecule has 1 aliphatic rings. The van der Waals surface area contributed by atoms with Crippen molar-refractivity contribution in [3.63, 3.8) is 0 Å². The highest BCUT2D eigenvalue weighted by Crippen LogP contribution is 2.14. The molecule has 2 rings (SSSR count). The number of para-hydroxylation sites is 1. The van der Waals surface area contributed by atoms with Gasteiger partial charge in [-0.3, -0.25) is 9.59 Å². The third-order valence-corrected chi connectivity index (χ3v) is 5.00. The van der Waals surface area contributed by atoms with E-state index in [2.05, 4.69) is 10.6 Å². The Morgan fingerprint density at radius 2 is 2.00 bits per heavy atom. The van der Waals surface area contributed by atoms with Gasteiger partial charge in [-0.25, -0.2) is 8.42 Å². The van der Waals surface area contributed by atoms with E-state index < -0.39 is 15.7 Å². The van der Waals surface area contributed by atoms with Gasteiger partial charge in [-0.15, -0.1) is 0 Å². The molecule has 1 aromatic carbocycles. The highest BCUT2D eigenvalue weighted by molar-refractivity contribution is 7.91. The number of nitrogens with one attached hydrogen (secondary N) is 2. The van der Waals surface area contributed by atoms with Gasteiger partial charge in [0.25, 0.3) is 5.91 Å². The lowest BCUT2D eigenvalue weighted by Gasteiger charge is -2.13. The third kappa shape index (κ3) is 4.19. The number of nitrogens with two attached hydrogens (primary N) is 1. The van der Waals surface area contributed by atoms with E-state index >= 15 is 0 Å². The number of benzene rings is 1. The smallest absolute Gasteiger partial charge is 0.250 e. The minimum atomic E-state index is -3.02. The van der Waals surface area contributed by atoms with Gasteiger partial charge in [0.2, 0.25) is 5.91 Å². The zero-order chi connectivity index (χ0) is 15.5. The predicted molar refractivity (Wildman–Crippen MR) is 78.7 cm³/mol. The molecular formula is C13H17N3O4S. The summed E-state index contributed by atoms with van der Waals surface area (Å²) >= 11 is 0. The van der Waals surface area contributed by atoms with E-state index in [4.69, 9.17) is 5.73 Å². The molecule has 21 heavy (non-hydrogen) atoms. The number of hydrogen-bond acceptors (Lipinski definition) is 5. The van der Waals surface area contributed by atoms with Crippen LogP contribution >= 0.6 is 0 Å². The van der Waals surface area contributed by atoms with Crippen molar-refractivity contribution in [1.29, 1.82) is 0 Å². The fourth-order valence-corrected chi connectivity index (χ4v) is 3.89. The Hall–Kier alpha value is -2.09. The van der Waals surface area contributed by atoms with Crippen molar-refractivity contribution in [2.24, 2.45) is 5.73 Å². The molecule has 1 unspecified atom stereocenters. The molecule has 8 heteroatoms. The summed E-state index contributed by atoms with van der Waals surface area (Å²) in [4.78, 5) is 23.0. The van der Waals surface area contributed by atoms with Crippen molar-refractivity contribution in [2.75, 3.05) is 23.4 Å². The van der Waals surface area contributed by atoms with E-state index in [0.29, 0.717) is 17.7 Å². The van der Waals surface area contributed by atoms with Crippen molar-refractivity contribution < 1.29 is 18.0 Å². The Morgan fingerprint density at radius 3 is 2.62 bits per heavy atom. The van der Waals surface area contributed by atoms with Crippen LogP contribution in [0.25, 0.3) is 0 Å². The van der Waals surface area contributed by atoms with Gasteiger partial charge in [0.15, 0.2) is 9.84 Å². The molecule has 0 bridgehead atoms. The normalized spacial score (nSPS) is 19.9. The largest absolute Gasteiger partial charge is 0.376 e. The summed E-state index contributed by atoms with van der Waals surface area (Å²) in [7, 11) is -3.02. The summed E-state index contributed by atoms with van der Waals surface area (Å²) in [5.74, 6) is -0.816. The summed E-state index contributed by atoms with van der Waals surface area (Å²) in [5.41, 5.74) is 6.01. The van der Waals surface area contributed by atoms with E-state index in [1.165, 1.54) is 0 Å². The van der Waals surface area contributed by atoms with Crippen molar-refractivity contribution in [1.82, 2.24) is 5.32 Å². The molecule has 1 fully saturated rings. The maximum Gasteiger partial charge on any atom is 0.250 e. The zero-order valence-corrected chi connectivity index (χ0v) is 12.2. The van der Waals surface area contributed by atoms with Gasteiger partial charge in [-0.2, -0.15) is 0 Å². The number of carbonyl (C=O) groups excluding carboxylic acids is 2. The minimum absolute atomic E-state index is 0.0172. The number of anilines is 1. The average molecular weight is 311 g/mol. The maximum absolute atomic E-state index is 11.8. The molecule has 4 N–H and O–H groups in total. The van der Waals surface area contributed by atoms with Crippen LogP contribution in [0.3, 0.4) is 0 Å². The standard InChI is InChI=1S/C13H17N3O4S/c14-13(18)10-3-1-2-4-11(10)15-7-12(17)16-9-5-6-21(19,20)8-9/h1-4,9,15H,5-8H2,(H2,14,18)(H,16,17). The van der Waals surface area contributed by atoms with Crippen molar-refractivity contribution in [2.45, 2.75) is 12.5 Å². The van der Waals surface area contributed by atoms with Crippen LogP contribution in [-0.2, 0) is 14.6 Å². The fourth-order valence-electron chi connectivity index (χ4n) is 2.22. The van der Waals surface area contributed by atoms with Crippen LogP contribution < -0.4 is 16.4 Å². The van der Waals surface area contributed by atoms with Gasteiger partial charge in [0.1, 0.15) is 0 Å². The van der Waals surface area contributed by atoms with Gasteiger partial charge >= 0.3 is 0 Å². The van der Waals surface area contributed by atoms with Crippen molar-refractivity contribution in [3.05, 3.63) is 29.8 Å². The van der Waals surface area contributed by atoms with Gasteiger partial charge in [-0.05, 0) is 18.6 Å². The van der Waals surface area contributed by atoms with Crippen molar-refractivity contribution in [3.8, 4) is 0 Å². The van der Waals surface area contributed by atoms with E-state index in [-0.39, 0.29) is 30.0 Å². The van der Waals surface area contributed by atoms with Crippen LogP contribution in [0.4, 0.5) is 5.69 Å². The van der Waals surface area contributed by atoms with E-state index in [1.807, 2.05) is 0 Å². The number of carbonyl (C=O) groups is 2. The molecule has 114 valence electrons. The van der Waals surface area contributed by atoms with Gasteiger partial charge in [-0.1, -0.05) is 12.1 Å². The highest BCUT2D eigenvalue weighted by atomic mass is 32.2. The average Bonchev–Trinajstić information content (AvgIpc) is 2.75. The second-order valence-corrected chi connectivity index (χ2v) is 7.16. The number of sulfone groups is 1. The lowest BCUT2D eigenvalue weighted by atomic mass is 10.1. The Kier molecular flexibility index (Phi) is 4.46. The summed E-state index contributed by atoms with van der Waals surface area (Å²) in [5, 5.41) is 5.48. The van der Waals surface area contributed by atoms with Crippen LogP contribution in [0.2, 0.25) is 0 Å². The molecule has 0 saturated carbocycles. The molecule has 0 radical (unpaired) electrons. The molecule has 7 nitrogen and oxygen atoms in total. The molecular weight excluding hydrogens is 294 g/mol. The molecule has 1 atom stereocenters. The van der Waals surface area contributed by atoms with Crippen LogP contribution in [0.1, 0.15) is 16.8 Å². The Balaban J connectivity index is 1.89. The second kappa shape index (κ2) is 6.13. The zero-order valence-electron chi connectivity index (χ0n) is 11.3. The molecule has 1 aliphatic heterocycles. The molecule has 0 spiro atoms. The first-order chi connectivity index (χ1) is 9.87. The Labute approximate surface area is 122 Å². The summed E-state index contributed by atoms with van der Waals surface area (Å²) < 4.78 is 22.6. The SMILES string of the molecule is NC(=O)c1ccccc1NCC(=O)NC1CCS(=O)(=O)C1. The first-order valence-electron chi connectivity index (χ1n) is 6.50. The Bertz CT molecular complexity index is 657. The molecule has 0 aromatic heterocycles. The second-order valence-electron chi connectivity index (χ2n) is 4.93. The summed E-state index contributed by atoms with van der Waals surface area (Å²) in [6, 6.07) is 6.26. The molecule has 1 heterocycles. The molecule has 2 amide bonds. The lowest BCUT2D eigenvalue weighted by Crippen LogP contribution is -2.39. The van der Waals surface area contributed by atoms with Crippen LogP contribution in [0.5, 0.6) is 0 Å². The predicted octanol–water partition coefficient (Wildman–Crippen LogP) is -0.499. The first kappa shape index (κ1) is 15.3.